The average molecular weight is 516 g/mol. The van der Waals surface area contributed by atoms with Gasteiger partial charge in [0.1, 0.15) is 0 Å². The third-order valence-corrected chi connectivity index (χ3v) is 13.6. The van der Waals surface area contributed by atoms with E-state index in [0.717, 1.165) is 18.5 Å². The van der Waals surface area contributed by atoms with Gasteiger partial charge in [0, 0.05) is 6.20 Å². The van der Waals surface area contributed by atoms with Crippen molar-refractivity contribution in [3.05, 3.63) is 95.8 Å². The van der Waals surface area contributed by atoms with E-state index in [9.17, 15) is 0 Å². The van der Waals surface area contributed by atoms with E-state index in [4.69, 9.17) is 19.5 Å². The highest BCUT2D eigenvalue weighted by molar-refractivity contribution is 6.77. The maximum absolute atomic E-state index is 8.58. The van der Waals surface area contributed by atoms with E-state index in [1.165, 1.54) is 16.7 Å². The lowest BCUT2D eigenvalue weighted by Crippen LogP contribution is -2.48. The number of hydrogen-bond acceptors (Lipinski definition) is 4. The Bertz CT molecular complexity index is 1110. The first-order chi connectivity index (χ1) is 17.7. The Labute approximate surface area is 224 Å². The van der Waals surface area contributed by atoms with Gasteiger partial charge in [-0.25, -0.2) is 0 Å². The van der Waals surface area contributed by atoms with Crippen molar-refractivity contribution in [1.29, 1.82) is 0 Å². The van der Waals surface area contributed by atoms with Crippen LogP contribution in [0, 0.1) is 0 Å². The van der Waals surface area contributed by atoms with Gasteiger partial charge in [0.15, 0.2) is 0 Å². The summed E-state index contributed by atoms with van der Waals surface area (Å²) in [6.45, 7) is 14.1. The number of hydrogen-bond donors (Lipinski definition) is 2. The van der Waals surface area contributed by atoms with E-state index >= 15 is 0 Å². The lowest BCUT2D eigenvalue weighted by atomic mass is 9.81. The van der Waals surface area contributed by atoms with Crippen molar-refractivity contribution in [3.63, 3.8) is 0 Å². The second kappa shape index (κ2) is 13.3. The number of pyridine rings is 1. The van der Waals surface area contributed by atoms with E-state index in [1.807, 2.05) is 18.3 Å². The topological polar surface area (TPSA) is 62.6 Å². The first-order valence-corrected chi connectivity index (χ1v) is 15.6. The minimum atomic E-state index is -1.97. The lowest BCUT2D eigenvalue weighted by Gasteiger charge is -2.44. The summed E-state index contributed by atoms with van der Waals surface area (Å²) in [4.78, 5) is 4.80. The van der Waals surface area contributed by atoms with Gasteiger partial charge in [0.25, 0.3) is 0 Å². The summed E-state index contributed by atoms with van der Waals surface area (Å²) >= 11 is 0. The monoisotopic (exact) mass is 515 g/mol. The molecule has 0 saturated carbocycles. The molecule has 1 atom stereocenters. The standard InChI is InChI=1S/C25H35NOSi.C6H7BO2/c1-18(2)28(19(3)4,20(5)6)27-24-15-14-22(21-11-8-7-9-12-21)17-23-13-10-16-26-25(23)24;8-7(9)6-4-2-1-3-5-6/h7-13,16-20,24H,14-15H2,1-6H3;1-5,8-9H. The normalized spacial score (nSPS) is 15.5. The van der Waals surface area contributed by atoms with Crippen LogP contribution >= 0.6 is 0 Å². The van der Waals surface area contributed by atoms with Crippen LogP contribution in [0.3, 0.4) is 0 Å². The van der Waals surface area contributed by atoms with Crippen LogP contribution in [0.4, 0.5) is 0 Å². The highest BCUT2D eigenvalue weighted by atomic mass is 28.4. The van der Waals surface area contributed by atoms with E-state index in [0.29, 0.717) is 22.1 Å². The predicted octanol–water partition coefficient (Wildman–Crippen LogP) is 7.02. The Hall–Kier alpha value is -2.51. The Morgan fingerprint density at radius 3 is 1.89 bits per heavy atom. The second-order valence-corrected chi connectivity index (χ2v) is 16.2. The molecule has 37 heavy (non-hydrogen) atoms. The molecule has 2 aromatic carbocycles. The number of fused-ring (bicyclic) bond motifs is 1. The van der Waals surface area contributed by atoms with Crippen molar-refractivity contribution < 1.29 is 14.5 Å². The summed E-state index contributed by atoms with van der Waals surface area (Å²) in [6.07, 6.45) is 6.33. The van der Waals surface area contributed by atoms with Crippen LogP contribution in [-0.2, 0) is 4.43 Å². The molecule has 3 aromatic rings. The lowest BCUT2D eigenvalue weighted by molar-refractivity contribution is 0.164. The summed E-state index contributed by atoms with van der Waals surface area (Å²) in [7, 11) is -3.31. The molecule has 6 heteroatoms. The maximum atomic E-state index is 8.58. The molecule has 4 rings (SSSR count). The third-order valence-electron chi connectivity index (χ3n) is 7.48. The number of rotatable bonds is 7. The summed E-state index contributed by atoms with van der Waals surface area (Å²) in [5.74, 6) is 0. The maximum Gasteiger partial charge on any atom is 0.488 e. The van der Waals surface area contributed by atoms with E-state index < -0.39 is 15.4 Å². The highest BCUT2D eigenvalue weighted by Crippen LogP contribution is 2.47. The Balaban J connectivity index is 0.000000356. The van der Waals surface area contributed by atoms with Gasteiger partial charge < -0.3 is 14.5 Å². The van der Waals surface area contributed by atoms with Crippen LogP contribution in [0.15, 0.2) is 79.0 Å². The molecule has 1 aromatic heterocycles. The predicted molar refractivity (Wildman–Crippen MR) is 159 cm³/mol. The second-order valence-electron chi connectivity index (χ2n) is 10.8. The number of benzene rings is 2. The zero-order chi connectivity index (χ0) is 27.0. The molecule has 0 saturated heterocycles. The minimum Gasteiger partial charge on any atom is -0.423 e. The van der Waals surface area contributed by atoms with Gasteiger partial charge in [-0.2, -0.15) is 0 Å². The van der Waals surface area contributed by atoms with Crippen molar-refractivity contribution in [2.24, 2.45) is 0 Å². The zero-order valence-corrected chi connectivity index (χ0v) is 24.1. The fourth-order valence-electron chi connectivity index (χ4n) is 5.78. The van der Waals surface area contributed by atoms with Crippen molar-refractivity contribution >= 4 is 32.5 Å². The number of aromatic nitrogens is 1. The van der Waals surface area contributed by atoms with Gasteiger partial charge in [0.05, 0.1) is 11.8 Å². The van der Waals surface area contributed by atoms with Crippen molar-refractivity contribution in [3.8, 4) is 0 Å². The molecule has 1 aliphatic rings. The first kappa shape index (κ1) is 29.1. The Morgan fingerprint density at radius 1 is 0.811 bits per heavy atom. The number of nitrogens with zero attached hydrogens (tertiary/aromatic N) is 1. The molecule has 2 N–H and O–H groups in total. The van der Waals surface area contributed by atoms with Crippen molar-refractivity contribution in [2.75, 3.05) is 0 Å². The molecular weight excluding hydrogens is 473 g/mol. The smallest absolute Gasteiger partial charge is 0.423 e. The van der Waals surface area contributed by atoms with Gasteiger partial charge in [-0.05, 0) is 63.8 Å². The van der Waals surface area contributed by atoms with Gasteiger partial charge in [-0.1, -0.05) is 108 Å². The van der Waals surface area contributed by atoms with Crippen LogP contribution in [0.25, 0.3) is 11.6 Å². The molecule has 0 amide bonds. The van der Waals surface area contributed by atoms with Gasteiger partial charge in [0.2, 0.25) is 8.32 Å². The molecule has 4 nitrogen and oxygen atoms in total. The summed E-state index contributed by atoms with van der Waals surface area (Å²) in [5.41, 5.74) is 7.26. The number of allylic oxidation sites excluding steroid dienone is 1. The van der Waals surface area contributed by atoms with Gasteiger partial charge in [-0.15, -0.1) is 0 Å². The summed E-state index contributed by atoms with van der Waals surface area (Å²) in [5, 5.41) is 17.2. The largest absolute Gasteiger partial charge is 0.488 e. The summed E-state index contributed by atoms with van der Waals surface area (Å²) < 4.78 is 7.20. The van der Waals surface area contributed by atoms with E-state index in [1.54, 1.807) is 24.3 Å². The molecule has 0 bridgehead atoms. The molecule has 0 aliphatic heterocycles. The van der Waals surface area contributed by atoms with Gasteiger partial charge in [-0.3, -0.25) is 4.98 Å². The molecule has 0 spiro atoms. The zero-order valence-electron chi connectivity index (χ0n) is 23.1. The molecule has 196 valence electrons. The average Bonchev–Trinajstić information content (AvgIpc) is 3.07. The molecule has 0 radical (unpaired) electrons. The Morgan fingerprint density at radius 2 is 1.38 bits per heavy atom. The molecule has 1 heterocycles. The third kappa shape index (κ3) is 7.08. The highest BCUT2D eigenvalue weighted by Gasteiger charge is 2.47. The molecular formula is C31H42BNO3Si. The van der Waals surface area contributed by atoms with E-state index in [2.05, 4.69) is 84.0 Å². The quantitative estimate of drug-likeness (QED) is 0.332. The minimum absolute atomic E-state index is 0.0764. The molecule has 1 aliphatic carbocycles. The van der Waals surface area contributed by atoms with Gasteiger partial charge >= 0.3 is 7.12 Å². The Kier molecular flexibility index (Phi) is 10.5. The fraction of sp³-hybridized carbons (Fsp3) is 0.387. The van der Waals surface area contributed by atoms with Crippen LogP contribution < -0.4 is 5.46 Å². The van der Waals surface area contributed by atoms with Crippen LogP contribution in [0.2, 0.25) is 16.6 Å². The van der Waals surface area contributed by atoms with E-state index in [-0.39, 0.29) is 6.10 Å². The molecule has 0 fully saturated rings. The SMILES string of the molecule is CC(C)[Si](OC1CCC(c2ccccc2)=Cc2cccnc21)(C(C)C)C(C)C.OB(O)c1ccccc1. The van der Waals surface area contributed by atoms with Crippen LogP contribution in [0.1, 0.15) is 77.3 Å². The fourth-order valence-corrected chi connectivity index (χ4v) is 11.3. The van der Waals surface area contributed by atoms with Crippen molar-refractivity contribution in [2.45, 2.75) is 77.1 Å². The van der Waals surface area contributed by atoms with Crippen LogP contribution in [0.5, 0.6) is 0 Å². The van der Waals surface area contributed by atoms with Crippen molar-refractivity contribution in [1.82, 2.24) is 4.98 Å². The van der Waals surface area contributed by atoms with Crippen LogP contribution in [-0.4, -0.2) is 30.5 Å². The first-order valence-electron chi connectivity index (χ1n) is 13.5. The molecule has 1 unspecified atom stereocenters. The summed E-state index contributed by atoms with van der Waals surface area (Å²) in [6, 6.07) is 23.6.